The van der Waals surface area contributed by atoms with Crippen LogP contribution in [0.4, 0.5) is 0 Å². The smallest absolute Gasteiger partial charge is 0.335 e. The Labute approximate surface area is 160 Å². The lowest BCUT2D eigenvalue weighted by Gasteiger charge is -2.37. The fraction of sp³-hybridized carbons (Fsp3) is 0.571. The van der Waals surface area contributed by atoms with Crippen LogP contribution in [0.1, 0.15) is 54.6 Å². The number of likely N-dealkylation sites (tertiary alicyclic amines) is 1. The minimum Gasteiger partial charge on any atom is -0.478 e. The molecule has 2 aliphatic rings. The van der Waals surface area contributed by atoms with Crippen LogP contribution in [0.25, 0.3) is 0 Å². The number of nitrogens with zero attached hydrogens (tertiary/aromatic N) is 2. The van der Waals surface area contributed by atoms with Crippen LogP contribution in [0, 0.1) is 11.8 Å². The minimum atomic E-state index is -0.951. The van der Waals surface area contributed by atoms with Gasteiger partial charge in [0.15, 0.2) is 0 Å². The second-order valence-corrected chi connectivity index (χ2v) is 7.73. The number of carboxylic acids is 1. The molecule has 0 spiro atoms. The van der Waals surface area contributed by atoms with Crippen molar-refractivity contribution >= 4 is 17.8 Å². The molecule has 3 rings (SSSR count). The maximum atomic E-state index is 13.1. The molecule has 0 aromatic heterocycles. The zero-order valence-electron chi connectivity index (χ0n) is 16.1. The average Bonchev–Trinajstić information content (AvgIpc) is 2.71. The van der Waals surface area contributed by atoms with E-state index in [4.69, 9.17) is 0 Å². The molecule has 2 heterocycles. The number of piperidine rings is 1. The fourth-order valence-corrected chi connectivity index (χ4v) is 4.00. The van der Waals surface area contributed by atoms with Crippen LogP contribution < -0.4 is 0 Å². The summed E-state index contributed by atoms with van der Waals surface area (Å²) in [5, 5.41) is 9.19. The molecule has 2 aliphatic heterocycles. The largest absolute Gasteiger partial charge is 0.478 e. The monoisotopic (exact) mass is 372 g/mol. The van der Waals surface area contributed by atoms with E-state index in [1.54, 1.807) is 12.1 Å². The standard InChI is InChI=1S/C21H28N2O4/c1-3-14(2)19(24)22-9-4-5-17(12-22)20(25)23-10-8-15-6-7-16(21(26)27)11-18(15)13-23/h6-7,11,14,17H,3-5,8-10,12-13H2,1-2H3,(H,26,27). The summed E-state index contributed by atoms with van der Waals surface area (Å²) < 4.78 is 0. The minimum absolute atomic E-state index is 0.00449. The highest BCUT2D eigenvalue weighted by Gasteiger charge is 2.33. The van der Waals surface area contributed by atoms with Gasteiger partial charge in [0.1, 0.15) is 0 Å². The normalized spacial score (nSPS) is 20.7. The van der Waals surface area contributed by atoms with E-state index in [1.165, 1.54) is 0 Å². The summed E-state index contributed by atoms with van der Waals surface area (Å²) in [6, 6.07) is 5.16. The summed E-state index contributed by atoms with van der Waals surface area (Å²) in [5.41, 5.74) is 2.28. The number of aromatic carboxylic acids is 1. The number of rotatable bonds is 4. The molecule has 1 aromatic carbocycles. The second kappa shape index (κ2) is 8.11. The predicted molar refractivity (Wildman–Crippen MR) is 101 cm³/mol. The van der Waals surface area contributed by atoms with Gasteiger partial charge in [0.2, 0.25) is 11.8 Å². The molecule has 0 bridgehead atoms. The number of fused-ring (bicyclic) bond motifs is 1. The number of hydrogen-bond acceptors (Lipinski definition) is 3. The molecule has 1 N–H and O–H groups in total. The maximum Gasteiger partial charge on any atom is 0.335 e. The third-order valence-electron chi connectivity index (χ3n) is 5.89. The van der Waals surface area contributed by atoms with Gasteiger partial charge in [-0.15, -0.1) is 0 Å². The molecule has 0 radical (unpaired) electrons. The number of amides is 2. The third-order valence-corrected chi connectivity index (χ3v) is 5.89. The molecule has 27 heavy (non-hydrogen) atoms. The van der Waals surface area contributed by atoms with Crippen molar-refractivity contribution in [3.8, 4) is 0 Å². The van der Waals surface area contributed by atoms with Crippen LogP contribution in [0.2, 0.25) is 0 Å². The highest BCUT2D eigenvalue weighted by molar-refractivity contribution is 5.88. The molecule has 1 fully saturated rings. The molecular formula is C21H28N2O4. The van der Waals surface area contributed by atoms with Gasteiger partial charge in [-0.3, -0.25) is 9.59 Å². The van der Waals surface area contributed by atoms with E-state index in [0.717, 1.165) is 43.4 Å². The molecule has 1 aromatic rings. The number of carbonyl (C=O) groups is 3. The van der Waals surface area contributed by atoms with Gasteiger partial charge in [0.25, 0.3) is 0 Å². The molecule has 1 saturated heterocycles. The van der Waals surface area contributed by atoms with Gasteiger partial charge in [-0.2, -0.15) is 0 Å². The Hall–Kier alpha value is -2.37. The van der Waals surface area contributed by atoms with Gasteiger partial charge in [-0.05, 0) is 48.9 Å². The van der Waals surface area contributed by atoms with E-state index >= 15 is 0 Å². The average molecular weight is 372 g/mol. The molecular weight excluding hydrogens is 344 g/mol. The first-order valence-corrected chi connectivity index (χ1v) is 9.83. The Morgan fingerprint density at radius 1 is 1.19 bits per heavy atom. The molecule has 0 aliphatic carbocycles. The number of benzene rings is 1. The van der Waals surface area contributed by atoms with E-state index < -0.39 is 5.97 Å². The topological polar surface area (TPSA) is 77.9 Å². The Kier molecular flexibility index (Phi) is 5.82. The number of hydrogen-bond donors (Lipinski definition) is 1. The third kappa shape index (κ3) is 4.15. The lowest BCUT2D eigenvalue weighted by Crippen LogP contribution is -2.48. The first-order chi connectivity index (χ1) is 12.9. The van der Waals surface area contributed by atoms with Gasteiger partial charge in [0.05, 0.1) is 11.5 Å². The van der Waals surface area contributed by atoms with Crippen molar-refractivity contribution in [2.75, 3.05) is 19.6 Å². The summed E-state index contributed by atoms with van der Waals surface area (Å²) in [5.74, 6) is -0.882. The molecule has 6 heteroatoms. The van der Waals surface area contributed by atoms with Crippen molar-refractivity contribution in [1.82, 2.24) is 9.80 Å². The predicted octanol–water partition coefficient (Wildman–Crippen LogP) is 2.55. The first-order valence-electron chi connectivity index (χ1n) is 9.83. The molecule has 2 amide bonds. The summed E-state index contributed by atoms with van der Waals surface area (Å²) >= 11 is 0. The zero-order chi connectivity index (χ0) is 19.6. The summed E-state index contributed by atoms with van der Waals surface area (Å²) in [7, 11) is 0. The van der Waals surface area contributed by atoms with E-state index in [2.05, 4.69) is 0 Å². The van der Waals surface area contributed by atoms with E-state index in [1.807, 2.05) is 29.7 Å². The van der Waals surface area contributed by atoms with Crippen molar-refractivity contribution in [1.29, 1.82) is 0 Å². The van der Waals surface area contributed by atoms with Crippen LogP contribution >= 0.6 is 0 Å². The highest BCUT2D eigenvalue weighted by atomic mass is 16.4. The van der Waals surface area contributed by atoms with Crippen LogP contribution in [0.3, 0.4) is 0 Å². The van der Waals surface area contributed by atoms with Crippen LogP contribution in [0.5, 0.6) is 0 Å². The molecule has 146 valence electrons. The first kappa shape index (κ1) is 19.4. The summed E-state index contributed by atoms with van der Waals surface area (Å²) in [4.78, 5) is 40.4. The van der Waals surface area contributed by atoms with Crippen molar-refractivity contribution in [3.05, 3.63) is 34.9 Å². The van der Waals surface area contributed by atoms with Gasteiger partial charge in [0, 0.05) is 32.1 Å². The summed E-state index contributed by atoms with van der Waals surface area (Å²) in [6.45, 7) is 6.28. The Bertz CT molecular complexity index is 746. The van der Waals surface area contributed by atoms with E-state index in [-0.39, 0.29) is 29.2 Å². The van der Waals surface area contributed by atoms with Crippen LogP contribution in [0.15, 0.2) is 18.2 Å². The maximum absolute atomic E-state index is 13.1. The zero-order valence-corrected chi connectivity index (χ0v) is 16.1. The molecule has 2 unspecified atom stereocenters. The van der Waals surface area contributed by atoms with Gasteiger partial charge >= 0.3 is 5.97 Å². The fourth-order valence-electron chi connectivity index (χ4n) is 4.00. The van der Waals surface area contributed by atoms with Crippen LogP contribution in [-0.4, -0.2) is 52.3 Å². The SMILES string of the molecule is CCC(C)C(=O)N1CCCC(C(=O)N2CCc3ccc(C(=O)O)cc3C2)C1. The number of carboxylic acid groups (broad SMARTS) is 1. The Balaban J connectivity index is 1.68. The Morgan fingerprint density at radius 2 is 1.96 bits per heavy atom. The lowest BCUT2D eigenvalue weighted by atomic mass is 9.92. The van der Waals surface area contributed by atoms with Crippen molar-refractivity contribution < 1.29 is 19.5 Å². The van der Waals surface area contributed by atoms with Gasteiger partial charge in [-0.1, -0.05) is 19.9 Å². The highest BCUT2D eigenvalue weighted by Crippen LogP contribution is 2.26. The van der Waals surface area contributed by atoms with Crippen molar-refractivity contribution in [2.45, 2.75) is 46.1 Å². The number of carbonyl (C=O) groups excluding carboxylic acids is 2. The quantitative estimate of drug-likeness (QED) is 0.881. The van der Waals surface area contributed by atoms with Gasteiger partial charge < -0.3 is 14.9 Å². The molecule has 6 nitrogen and oxygen atoms in total. The van der Waals surface area contributed by atoms with Crippen LogP contribution in [-0.2, 0) is 22.6 Å². The lowest BCUT2D eigenvalue weighted by molar-refractivity contribution is -0.143. The van der Waals surface area contributed by atoms with E-state index in [9.17, 15) is 19.5 Å². The molecule has 2 atom stereocenters. The van der Waals surface area contributed by atoms with Gasteiger partial charge in [-0.25, -0.2) is 4.79 Å². The van der Waals surface area contributed by atoms with Crippen molar-refractivity contribution in [2.24, 2.45) is 11.8 Å². The second-order valence-electron chi connectivity index (χ2n) is 7.73. The van der Waals surface area contributed by atoms with E-state index in [0.29, 0.717) is 19.6 Å². The Morgan fingerprint density at radius 3 is 2.67 bits per heavy atom. The van der Waals surface area contributed by atoms with Crippen molar-refractivity contribution in [3.63, 3.8) is 0 Å². The molecule has 0 saturated carbocycles. The summed E-state index contributed by atoms with van der Waals surface area (Å²) in [6.07, 6.45) is 3.21.